The standard InChI is InChI=1S/C22H15FN4O4/c23-20-11-16(12-24)7-10-19(20)22(28)26-25-13-17-3-1-2-4-21(17)31-14-15-5-8-18(9-6-15)27(29)30/h1-11,13H,14H2,(H,26,28)/b25-13-. The number of rotatable bonds is 7. The number of nitrogens with one attached hydrogen (secondary N) is 1. The largest absolute Gasteiger partial charge is 0.488 e. The highest BCUT2D eigenvalue weighted by atomic mass is 19.1. The number of carbonyl (C=O) groups is 1. The van der Waals surface area contributed by atoms with Crippen LogP contribution in [0.1, 0.15) is 27.0 Å². The Hall–Kier alpha value is -4.58. The zero-order chi connectivity index (χ0) is 22.2. The van der Waals surface area contributed by atoms with Crippen molar-refractivity contribution in [1.29, 1.82) is 5.26 Å². The molecule has 0 aliphatic heterocycles. The van der Waals surface area contributed by atoms with Crippen molar-refractivity contribution in [2.45, 2.75) is 6.61 Å². The fourth-order valence-electron chi connectivity index (χ4n) is 2.58. The number of benzene rings is 3. The zero-order valence-electron chi connectivity index (χ0n) is 16.0. The Labute approximate surface area is 176 Å². The summed E-state index contributed by atoms with van der Waals surface area (Å²) in [6.45, 7) is 0.172. The summed E-state index contributed by atoms with van der Waals surface area (Å²) in [7, 11) is 0. The molecule has 0 aliphatic rings. The van der Waals surface area contributed by atoms with Gasteiger partial charge in [0.05, 0.1) is 28.3 Å². The Morgan fingerprint density at radius 3 is 2.61 bits per heavy atom. The number of amides is 1. The lowest BCUT2D eigenvalue weighted by Gasteiger charge is -2.09. The molecule has 0 bridgehead atoms. The Morgan fingerprint density at radius 1 is 1.19 bits per heavy atom. The van der Waals surface area contributed by atoms with E-state index in [-0.39, 0.29) is 23.4 Å². The minimum absolute atomic E-state index is 0.00859. The molecule has 1 N–H and O–H groups in total. The van der Waals surface area contributed by atoms with Gasteiger partial charge in [0, 0.05) is 17.7 Å². The molecule has 8 nitrogen and oxygen atoms in total. The van der Waals surface area contributed by atoms with Gasteiger partial charge < -0.3 is 4.74 Å². The van der Waals surface area contributed by atoms with Crippen molar-refractivity contribution in [2.75, 3.05) is 0 Å². The first kappa shape index (κ1) is 21.1. The van der Waals surface area contributed by atoms with E-state index in [9.17, 15) is 19.3 Å². The number of hydrogen-bond acceptors (Lipinski definition) is 6. The molecule has 31 heavy (non-hydrogen) atoms. The Morgan fingerprint density at radius 2 is 1.94 bits per heavy atom. The monoisotopic (exact) mass is 418 g/mol. The van der Waals surface area contributed by atoms with Crippen LogP contribution >= 0.6 is 0 Å². The highest BCUT2D eigenvalue weighted by molar-refractivity contribution is 5.95. The van der Waals surface area contributed by atoms with Crippen molar-refractivity contribution in [3.05, 3.63) is 105 Å². The van der Waals surface area contributed by atoms with Gasteiger partial charge in [-0.1, -0.05) is 12.1 Å². The fraction of sp³-hybridized carbons (Fsp3) is 0.0455. The highest BCUT2D eigenvalue weighted by Crippen LogP contribution is 2.19. The smallest absolute Gasteiger partial charge is 0.274 e. The second-order valence-corrected chi connectivity index (χ2v) is 6.26. The molecule has 0 fully saturated rings. The van der Waals surface area contributed by atoms with Crippen LogP contribution in [0.3, 0.4) is 0 Å². The van der Waals surface area contributed by atoms with Gasteiger partial charge in [-0.05, 0) is 48.0 Å². The number of nitro groups is 1. The normalized spacial score (nSPS) is 10.5. The number of hydrogen-bond donors (Lipinski definition) is 1. The summed E-state index contributed by atoms with van der Waals surface area (Å²) in [6, 6.07) is 18.2. The fourth-order valence-corrected chi connectivity index (χ4v) is 2.58. The number of nitrogens with zero attached hydrogens (tertiary/aromatic N) is 3. The molecule has 0 aliphatic carbocycles. The molecule has 0 aromatic heterocycles. The van der Waals surface area contributed by atoms with Gasteiger partial charge in [0.1, 0.15) is 18.2 Å². The molecule has 0 spiro atoms. The molecule has 0 radical (unpaired) electrons. The summed E-state index contributed by atoms with van der Waals surface area (Å²) in [5.41, 5.74) is 3.39. The molecule has 0 unspecified atom stereocenters. The van der Waals surface area contributed by atoms with E-state index >= 15 is 0 Å². The van der Waals surface area contributed by atoms with Crippen LogP contribution in [0.4, 0.5) is 10.1 Å². The van der Waals surface area contributed by atoms with Gasteiger partial charge in [0.2, 0.25) is 0 Å². The van der Waals surface area contributed by atoms with E-state index in [2.05, 4.69) is 10.5 Å². The number of halogens is 1. The second-order valence-electron chi connectivity index (χ2n) is 6.26. The van der Waals surface area contributed by atoms with Gasteiger partial charge in [-0.25, -0.2) is 9.82 Å². The van der Waals surface area contributed by atoms with Crippen molar-refractivity contribution in [1.82, 2.24) is 5.43 Å². The predicted molar refractivity (Wildman–Crippen MR) is 110 cm³/mol. The average molecular weight is 418 g/mol. The van der Waals surface area contributed by atoms with Crippen molar-refractivity contribution < 1.29 is 18.8 Å². The lowest BCUT2D eigenvalue weighted by molar-refractivity contribution is -0.384. The van der Waals surface area contributed by atoms with Crippen LogP contribution in [0.15, 0.2) is 71.8 Å². The molecule has 3 rings (SSSR count). The number of non-ortho nitro benzene ring substituents is 1. The predicted octanol–water partition coefficient (Wildman–Crippen LogP) is 3.95. The highest BCUT2D eigenvalue weighted by Gasteiger charge is 2.11. The van der Waals surface area contributed by atoms with Crippen molar-refractivity contribution in [3.8, 4) is 11.8 Å². The number of para-hydroxylation sites is 1. The van der Waals surface area contributed by atoms with Crippen LogP contribution < -0.4 is 10.2 Å². The number of nitriles is 1. The molecular weight excluding hydrogens is 403 g/mol. The summed E-state index contributed by atoms with van der Waals surface area (Å²) in [6.07, 6.45) is 1.35. The van der Waals surface area contributed by atoms with E-state index in [1.54, 1.807) is 42.5 Å². The Bertz CT molecular complexity index is 1190. The van der Waals surface area contributed by atoms with Crippen molar-refractivity contribution in [2.24, 2.45) is 5.10 Å². The summed E-state index contributed by atoms with van der Waals surface area (Å²) in [5.74, 6) is -1.11. The van der Waals surface area contributed by atoms with Gasteiger partial charge in [-0.15, -0.1) is 0 Å². The molecular formula is C22H15FN4O4. The van der Waals surface area contributed by atoms with E-state index < -0.39 is 16.6 Å². The van der Waals surface area contributed by atoms with Gasteiger partial charge in [-0.2, -0.15) is 10.4 Å². The van der Waals surface area contributed by atoms with Gasteiger partial charge in [0.25, 0.3) is 11.6 Å². The molecule has 154 valence electrons. The first-order chi connectivity index (χ1) is 15.0. The number of hydrazone groups is 1. The van der Waals surface area contributed by atoms with E-state index in [4.69, 9.17) is 10.00 Å². The molecule has 3 aromatic carbocycles. The SMILES string of the molecule is N#Cc1ccc(C(=O)N/N=C\c2ccccc2OCc2ccc([N+](=O)[O-])cc2)c(F)c1. The van der Waals surface area contributed by atoms with Crippen LogP contribution in [0, 0.1) is 27.3 Å². The molecule has 0 heterocycles. The minimum atomic E-state index is -0.821. The maximum Gasteiger partial charge on any atom is 0.274 e. The maximum absolute atomic E-state index is 13.9. The second kappa shape index (κ2) is 9.76. The van der Waals surface area contributed by atoms with Gasteiger partial charge in [0.15, 0.2) is 0 Å². The van der Waals surface area contributed by atoms with E-state index in [0.29, 0.717) is 11.3 Å². The minimum Gasteiger partial charge on any atom is -0.488 e. The van der Waals surface area contributed by atoms with Crippen LogP contribution in [0.25, 0.3) is 0 Å². The molecule has 0 atom stereocenters. The number of ether oxygens (including phenoxy) is 1. The first-order valence-electron chi connectivity index (χ1n) is 8.96. The van der Waals surface area contributed by atoms with Crippen LogP contribution in [-0.2, 0) is 6.61 Å². The van der Waals surface area contributed by atoms with E-state index in [0.717, 1.165) is 11.6 Å². The molecule has 9 heteroatoms. The lowest BCUT2D eigenvalue weighted by atomic mass is 10.1. The molecule has 0 saturated carbocycles. The third-order valence-electron chi connectivity index (χ3n) is 4.17. The maximum atomic E-state index is 13.9. The van der Waals surface area contributed by atoms with Crippen molar-refractivity contribution >= 4 is 17.8 Å². The quantitative estimate of drug-likeness (QED) is 0.354. The number of nitro benzene ring substituents is 1. The summed E-state index contributed by atoms with van der Waals surface area (Å²) in [5, 5.41) is 23.3. The van der Waals surface area contributed by atoms with E-state index in [1.807, 2.05) is 0 Å². The topological polar surface area (TPSA) is 118 Å². The summed E-state index contributed by atoms with van der Waals surface area (Å²) in [4.78, 5) is 22.3. The van der Waals surface area contributed by atoms with Gasteiger partial charge >= 0.3 is 0 Å². The first-order valence-corrected chi connectivity index (χ1v) is 8.96. The van der Waals surface area contributed by atoms with Crippen molar-refractivity contribution in [3.63, 3.8) is 0 Å². The van der Waals surface area contributed by atoms with Crippen LogP contribution in [-0.4, -0.2) is 17.0 Å². The third kappa shape index (κ3) is 5.48. The molecule has 1 amide bonds. The van der Waals surface area contributed by atoms with Gasteiger partial charge in [-0.3, -0.25) is 14.9 Å². The zero-order valence-corrected chi connectivity index (χ0v) is 16.0. The van der Waals surface area contributed by atoms with Crippen LogP contribution in [0.2, 0.25) is 0 Å². The number of carbonyl (C=O) groups excluding carboxylic acids is 1. The third-order valence-corrected chi connectivity index (χ3v) is 4.17. The van der Waals surface area contributed by atoms with E-state index in [1.165, 1.54) is 30.5 Å². The molecule has 0 saturated heterocycles. The summed E-state index contributed by atoms with van der Waals surface area (Å²) < 4.78 is 19.7. The Kier molecular flexibility index (Phi) is 6.65. The van der Waals surface area contributed by atoms with Crippen LogP contribution in [0.5, 0.6) is 5.75 Å². The molecule has 3 aromatic rings. The summed E-state index contributed by atoms with van der Waals surface area (Å²) >= 11 is 0. The Balaban J connectivity index is 1.64. The lowest BCUT2D eigenvalue weighted by Crippen LogP contribution is -2.19. The average Bonchev–Trinajstić information content (AvgIpc) is 2.78.